The summed E-state index contributed by atoms with van der Waals surface area (Å²) >= 11 is 6.24. The Balaban J connectivity index is 0.000000292. The molecular weight excluding hydrogens is 584 g/mol. The summed E-state index contributed by atoms with van der Waals surface area (Å²) in [6.45, 7) is 18.1. The van der Waals surface area contributed by atoms with Crippen molar-refractivity contribution < 1.29 is 0 Å². The number of rotatable bonds is 10. The summed E-state index contributed by atoms with van der Waals surface area (Å²) in [6.07, 6.45) is 3.69. The smallest absolute Gasteiger partial charge is 0.354 e. The fourth-order valence-electron chi connectivity index (χ4n) is 4.80. The average molecular weight is 635 g/mol. The molecule has 0 radical (unpaired) electrons. The number of H-pyrrole nitrogens is 1. The van der Waals surface area contributed by atoms with Gasteiger partial charge in [0.05, 0.1) is 5.69 Å². The van der Waals surface area contributed by atoms with Crippen LogP contribution in [0.3, 0.4) is 0 Å². The van der Waals surface area contributed by atoms with Gasteiger partial charge in [-0.25, -0.2) is 4.79 Å². The zero-order valence-electron chi connectivity index (χ0n) is 27.9. The Bertz CT molecular complexity index is 1620. The number of hydrogen-bond donors (Lipinski definition) is 5. The number of nitrogens with zero attached hydrogens (tertiary/aromatic N) is 3. The molecule has 9 nitrogen and oxygen atoms in total. The molecule has 0 aliphatic heterocycles. The lowest BCUT2D eigenvalue weighted by Crippen LogP contribution is -2.23. The Morgan fingerprint density at radius 2 is 1.73 bits per heavy atom. The van der Waals surface area contributed by atoms with Crippen molar-refractivity contribution in [3.63, 3.8) is 0 Å². The molecule has 0 saturated carbocycles. The van der Waals surface area contributed by atoms with Gasteiger partial charge in [0.15, 0.2) is 5.96 Å². The molecular formula is C35H51ClN8O. The molecule has 244 valence electrons. The van der Waals surface area contributed by atoms with Gasteiger partial charge in [0.2, 0.25) is 0 Å². The van der Waals surface area contributed by atoms with E-state index in [2.05, 4.69) is 86.9 Å². The monoisotopic (exact) mass is 634 g/mol. The highest BCUT2D eigenvalue weighted by molar-refractivity contribution is 6.31. The largest absolute Gasteiger partial charge is 0.370 e. The summed E-state index contributed by atoms with van der Waals surface area (Å²) in [7, 11) is 0. The van der Waals surface area contributed by atoms with E-state index in [1.807, 2.05) is 36.5 Å². The van der Waals surface area contributed by atoms with Crippen molar-refractivity contribution in [3.05, 3.63) is 92.6 Å². The molecule has 0 aliphatic carbocycles. The molecule has 1 unspecified atom stereocenters. The molecule has 8 N–H and O–H groups in total. The molecule has 45 heavy (non-hydrogen) atoms. The Kier molecular flexibility index (Phi) is 12.4. The van der Waals surface area contributed by atoms with Crippen LogP contribution >= 0.6 is 11.6 Å². The summed E-state index contributed by atoms with van der Waals surface area (Å²) in [6, 6.07) is 16.3. The summed E-state index contributed by atoms with van der Waals surface area (Å²) in [5, 5.41) is 5.12. The van der Waals surface area contributed by atoms with Crippen LogP contribution in [0.4, 0.5) is 0 Å². The van der Waals surface area contributed by atoms with Gasteiger partial charge in [-0.1, -0.05) is 84.3 Å². The summed E-state index contributed by atoms with van der Waals surface area (Å²) in [5.74, 6) is 0.553. The molecule has 0 fully saturated rings. The zero-order chi connectivity index (χ0) is 33.4. The highest BCUT2D eigenvalue weighted by atomic mass is 35.5. The molecule has 0 spiro atoms. The SMILES string of the molecule is CC(C)(C)c1cc2cn(-c3ccc(CNCCCN=C(N)N)cc3)c(=O)nc2[nH]1.CC(CCN)c1cc(C(C)(C)C)ccc1Cl. The van der Waals surface area contributed by atoms with E-state index in [9.17, 15) is 4.79 Å². The molecule has 0 bridgehead atoms. The lowest BCUT2D eigenvalue weighted by Gasteiger charge is -2.22. The number of aromatic amines is 1. The van der Waals surface area contributed by atoms with Crippen molar-refractivity contribution >= 4 is 28.6 Å². The van der Waals surface area contributed by atoms with E-state index in [1.165, 1.54) is 11.1 Å². The van der Waals surface area contributed by atoms with Gasteiger partial charge in [0, 0.05) is 40.8 Å². The van der Waals surface area contributed by atoms with E-state index >= 15 is 0 Å². The first-order chi connectivity index (χ1) is 21.1. The third-order valence-electron chi connectivity index (χ3n) is 7.66. The number of fused-ring (bicyclic) bond motifs is 1. The Morgan fingerprint density at radius 1 is 1.04 bits per heavy atom. The predicted octanol–water partition coefficient (Wildman–Crippen LogP) is 5.85. The third kappa shape index (κ3) is 10.4. The van der Waals surface area contributed by atoms with Crippen LogP contribution in [0.2, 0.25) is 5.02 Å². The fourth-order valence-corrected chi connectivity index (χ4v) is 5.10. The number of nitrogens with one attached hydrogen (secondary N) is 2. The van der Waals surface area contributed by atoms with Gasteiger partial charge in [0.25, 0.3) is 0 Å². The van der Waals surface area contributed by atoms with Gasteiger partial charge in [-0.2, -0.15) is 4.98 Å². The van der Waals surface area contributed by atoms with Crippen LogP contribution in [0.5, 0.6) is 0 Å². The number of aliphatic imine (C=N–C) groups is 1. The van der Waals surface area contributed by atoms with Crippen molar-refractivity contribution in [2.45, 2.75) is 84.6 Å². The van der Waals surface area contributed by atoms with Crippen molar-refractivity contribution in [1.29, 1.82) is 0 Å². The van der Waals surface area contributed by atoms with E-state index in [1.54, 1.807) is 4.57 Å². The minimum atomic E-state index is -0.301. The van der Waals surface area contributed by atoms with Crippen LogP contribution in [0.15, 0.2) is 64.5 Å². The summed E-state index contributed by atoms with van der Waals surface area (Å²) in [4.78, 5) is 23.9. The maximum atomic E-state index is 12.5. The second-order valence-corrected chi connectivity index (χ2v) is 14.0. The maximum absolute atomic E-state index is 12.5. The minimum Gasteiger partial charge on any atom is -0.370 e. The number of guanidine groups is 1. The highest BCUT2D eigenvalue weighted by Gasteiger charge is 2.18. The van der Waals surface area contributed by atoms with E-state index in [4.69, 9.17) is 28.8 Å². The quantitative estimate of drug-likeness (QED) is 0.0837. The standard InChI is InChI=1S/C21H29N7O.C14H22ClN/c1-21(2,3)17-11-15-13-28(20(29)27-18(15)26-17)16-7-5-14(6-8-16)12-24-9-4-10-25-19(22)23;1-10(7-8-16)12-9-11(14(2,3)4)5-6-13(12)15/h5-8,11,13,24H,4,9-10,12H2,1-3H3,(H4,22,23,25)(H,26,27,29);5-6,9-10H,7-8,16H2,1-4H3. The number of nitrogens with two attached hydrogens (primary N) is 3. The topological polar surface area (TPSA) is 153 Å². The summed E-state index contributed by atoms with van der Waals surface area (Å²) < 4.78 is 1.58. The number of aromatic nitrogens is 3. The predicted molar refractivity (Wildman–Crippen MR) is 190 cm³/mol. The van der Waals surface area contributed by atoms with Gasteiger partial charge in [-0.05, 0) is 78.2 Å². The normalized spacial score (nSPS) is 12.5. The van der Waals surface area contributed by atoms with Crippen molar-refractivity contribution in [3.8, 4) is 5.69 Å². The summed E-state index contributed by atoms with van der Waals surface area (Å²) in [5.41, 5.74) is 22.2. The van der Waals surface area contributed by atoms with Crippen LogP contribution in [0.25, 0.3) is 16.7 Å². The third-order valence-corrected chi connectivity index (χ3v) is 8.00. The highest BCUT2D eigenvalue weighted by Crippen LogP contribution is 2.32. The van der Waals surface area contributed by atoms with Gasteiger partial charge in [-0.3, -0.25) is 9.56 Å². The molecule has 4 rings (SSSR count). The van der Waals surface area contributed by atoms with E-state index in [-0.39, 0.29) is 22.5 Å². The number of benzene rings is 2. The van der Waals surface area contributed by atoms with Gasteiger partial charge in [0.1, 0.15) is 5.65 Å². The second kappa shape index (κ2) is 15.6. The molecule has 0 amide bonds. The van der Waals surface area contributed by atoms with Crippen LogP contribution in [-0.2, 0) is 17.4 Å². The second-order valence-electron chi connectivity index (χ2n) is 13.6. The number of halogens is 1. The first-order valence-electron chi connectivity index (χ1n) is 15.6. The van der Waals surface area contributed by atoms with Gasteiger partial charge >= 0.3 is 5.69 Å². The van der Waals surface area contributed by atoms with Gasteiger partial charge in [-0.15, -0.1) is 0 Å². The molecule has 2 aromatic carbocycles. The van der Waals surface area contributed by atoms with Crippen molar-refractivity contribution in [2.75, 3.05) is 19.6 Å². The minimum absolute atomic E-state index is 0.0352. The van der Waals surface area contributed by atoms with E-state index in [0.717, 1.165) is 53.3 Å². The Morgan fingerprint density at radius 3 is 2.33 bits per heavy atom. The molecule has 2 heterocycles. The molecule has 0 aliphatic rings. The van der Waals surface area contributed by atoms with Crippen LogP contribution < -0.4 is 28.2 Å². The Labute approximate surface area is 272 Å². The fraction of sp³-hybridized carbons (Fsp3) is 0.457. The number of hydrogen-bond acceptors (Lipinski definition) is 5. The van der Waals surface area contributed by atoms with E-state index < -0.39 is 0 Å². The molecule has 4 aromatic rings. The average Bonchev–Trinajstić information content (AvgIpc) is 3.38. The van der Waals surface area contributed by atoms with Crippen LogP contribution in [0.1, 0.15) is 89.6 Å². The van der Waals surface area contributed by atoms with Crippen molar-refractivity contribution in [1.82, 2.24) is 19.9 Å². The van der Waals surface area contributed by atoms with Crippen LogP contribution in [-0.4, -0.2) is 40.1 Å². The van der Waals surface area contributed by atoms with Crippen LogP contribution in [0, 0.1) is 0 Å². The maximum Gasteiger partial charge on any atom is 0.354 e. The van der Waals surface area contributed by atoms with Crippen molar-refractivity contribution in [2.24, 2.45) is 22.2 Å². The molecule has 1 atom stereocenters. The molecule has 2 aromatic heterocycles. The van der Waals surface area contributed by atoms with E-state index in [0.29, 0.717) is 24.7 Å². The Hall–Kier alpha value is -3.66. The molecule has 10 heteroatoms. The van der Waals surface area contributed by atoms with Gasteiger partial charge < -0.3 is 27.5 Å². The lowest BCUT2D eigenvalue weighted by molar-refractivity contribution is 0.574. The first kappa shape index (κ1) is 35.8. The first-order valence-corrected chi connectivity index (χ1v) is 16.0. The zero-order valence-corrected chi connectivity index (χ0v) is 28.6. The molecule has 0 saturated heterocycles. The lowest BCUT2D eigenvalue weighted by atomic mass is 9.84.